The number of hydrogen-bond donors (Lipinski definition) is 0. The van der Waals surface area contributed by atoms with E-state index in [0.29, 0.717) is 12.2 Å². The number of aryl methyl sites for hydroxylation is 1. The van der Waals surface area contributed by atoms with Crippen molar-refractivity contribution in [3.05, 3.63) is 35.4 Å². The van der Waals surface area contributed by atoms with Gasteiger partial charge in [-0.15, -0.1) is 0 Å². The Balaban J connectivity index is 2.39. The number of ether oxygens (including phenoxy) is 1. The van der Waals surface area contributed by atoms with Gasteiger partial charge in [-0.25, -0.2) is 0 Å². The van der Waals surface area contributed by atoms with Gasteiger partial charge in [0.2, 0.25) is 0 Å². The van der Waals surface area contributed by atoms with Gasteiger partial charge in [-0.1, -0.05) is 51.7 Å². The molecule has 0 aliphatic heterocycles. The summed E-state index contributed by atoms with van der Waals surface area (Å²) < 4.78 is 5.18. The van der Waals surface area contributed by atoms with Gasteiger partial charge in [-0.3, -0.25) is 9.59 Å². The predicted molar refractivity (Wildman–Crippen MR) is 97.1 cm³/mol. The molecule has 0 radical (unpaired) electrons. The van der Waals surface area contributed by atoms with E-state index in [1.165, 1.54) is 10.5 Å². The van der Waals surface area contributed by atoms with Gasteiger partial charge in [-0.2, -0.15) is 0 Å². The Labute approximate surface area is 146 Å². The van der Waals surface area contributed by atoms with Crippen LogP contribution in [0.15, 0.2) is 24.3 Å². The summed E-state index contributed by atoms with van der Waals surface area (Å²) in [6.45, 7) is 4.73. The first-order valence-electron chi connectivity index (χ1n) is 9.08. The first-order valence-corrected chi connectivity index (χ1v) is 9.08. The summed E-state index contributed by atoms with van der Waals surface area (Å²) in [4.78, 5) is 25.5. The lowest BCUT2D eigenvalue weighted by Crippen LogP contribution is -2.33. The molecule has 4 heteroatoms. The van der Waals surface area contributed by atoms with Gasteiger partial charge in [0.15, 0.2) is 0 Å². The van der Waals surface area contributed by atoms with Crippen LogP contribution in [0.25, 0.3) is 0 Å². The molecule has 0 aliphatic rings. The van der Waals surface area contributed by atoms with E-state index >= 15 is 0 Å². The molecule has 0 aliphatic carbocycles. The molecule has 0 N–H and O–H groups in total. The molecule has 0 saturated carbocycles. The molecule has 134 valence electrons. The number of esters is 1. The van der Waals surface area contributed by atoms with E-state index in [9.17, 15) is 9.59 Å². The number of nitrogens with zero attached hydrogens (tertiary/aromatic N) is 1. The van der Waals surface area contributed by atoms with E-state index < -0.39 is 0 Å². The van der Waals surface area contributed by atoms with Gasteiger partial charge in [0.05, 0.1) is 6.61 Å². The average Bonchev–Trinajstić information content (AvgIpc) is 2.59. The van der Waals surface area contributed by atoms with Crippen molar-refractivity contribution in [1.82, 2.24) is 4.90 Å². The summed E-state index contributed by atoms with van der Waals surface area (Å²) >= 11 is 0. The molecule has 0 atom stereocenters. The predicted octanol–water partition coefficient (Wildman–Crippen LogP) is 4.22. The average molecular weight is 333 g/mol. The second-order valence-electron chi connectivity index (χ2n) is 6.24. The second-order valence-corrected chi connectivity index (χ2v) is 6.24. The van der Waals surface area contributed by atoms with Crippen molar-refractivity contribution in [3.8, 4) is 0 Å². The van der Waals surface area contributed by atoms with Crippen LogP contribution in [0.2, 0.25) is 0 Å². The molecule has 0 bridgehead atoms. The summed E-state index contributed by atoms with van der Waals surface area (Å²) in [5, 5.41) is 0. The molecule has 1 aromatic rings. The van der Waals surface area contributed by atoms with Crippen molar-refractivity contribution in [1.29, 1.82) is 0 Å². The third kappa shape index (κ3) is 7.62. The molecule has 1 amide bonds. The minimum Gasteiger partial charge on any atom is -0.464 e. The van der Waals surface area contributed by atoms with Crippen molar-refractivity contribution in [2.45, 2.75) is 58.8 Å². The van der Waals surface area contributed by atoms with Crippen LogP contribution in [0.5, 0.6) is 0 Å². The molecule has 0 spiro atoms. The van der Waals surface area contributed by atoms with Crippen LogP contribution in [0.1, 0.15) is 68.3 Å². The highest BCUT2D eigenvalue weighted by atomic mass is 16.5. The fraction of sp³-hybridized carbons (Fsp3) is 0.600. The number of likely N-dealkylation sites (N-methyl/N-ethyl adjacent to an activating group) is 1. The van der Waals surface area contributed by atoms with Crippen molar-refractivity contribution in [3.63, 3.8) is 0 Å². The number of carbonyl (C=O) groups is 2. The van der Waals surface area contributed by atoms with Gasteiger partial charge in [0.25, 0.3) is 5.91 Å². The second kappa shape index (κ2) is 11.7. The molecule has 0 unspecified atom stereocenters. The standard InChI is InChI=1S/C20H31NO3/c1-4-6-8-9-15-24-19(22)16-21(3)20(23)18-13-11-17(12-14-18)10-7-5-2/h11-14H,4-10,15-16H2,1-3H3. The zero-order valence-electron chi connectivity index (χ0n) is 15.3. The summed E-state index contributed by atoms with van der Waals surface area (Å²) in [5.74, 6) is -0.498. The Bertz CT molecular complexity index is 496. The highest BCUT2D eigenvalue weighted by molar-refractivity contribution is 5.95. The van der Waals surface area contributed by atoms with E-state index in [1.54, 1.807) is 7.05 Å². The monoisotopic (exact) mass is 333 g/mol. The van der Waals surface area contributed by atoms with Crippen LogP contribution >= 0.6 is 0 Å². The van der Waals surface area contributed by atoms with Crippen LogP contribution < -0.4 is 0 Å². The van der Waals surface area contributed by atoms with E-state index in [4.69, 9.17) is 4.74 Å². The van der Waals surface area contributed by atoms with Crippen molar-refractivity contribution in [2.75, 3.05) is 20.2 Å². The maximum Gasteiger partial charge on any atom is 0.325 e. The van der Waals surface area contributed by atoms with Crippen LogP contribution in [-0.4, -0.2) is 37.0 Å². The number of benzene rings is 1. The lowest BCUT2D eigenvalue weighted by Gasteiger charge is -2.16. The van der Waals surface area contributed by atoms with Gasteiger partial charge >= 0.3 is 5.97 Å². The first kappa shape index (κ1) is 20.2. The lowest BCUT2D eigenvalue weighted by atomic mass is 10.1. The normalized spacial score (nSPS) is 10.5. The molecule has 0 heterocycles. The molecule has 1 aromatic carbocycles. The molecular formula is C20H31NO3. The summed E-state index contributed by atoms with van der Waals surface area (Å²) in [6.07, 6.45) is 7.61. The quantitative estimate of drug-likeness (QED) is 0.450. The van der Waals surface area contributed by atoms with E-state index in [0.717, 1.165) is 44.9 Å². The van der Waals surface area contributed by atoms with Crippen molar-refractivity contribution in [2.24, 2.45) is 0 Å². The van der Waals surface area contributed by atoms with Gasteiger partial charge < -0.3 is 9.64 Å². The molecule has 0 saturated heterocycles. The molecule has 24 heavy (non-hydrogen) atoms. The Morgan fingerprint density at radius 2 is 1.62 bits per heavy atom. The fourth-order valence-corrected chi connectivity index (χ4v) is 2.44. The van der Waals surface area contributed by atoms with E-state index in [-0.39, 0.29) is 18.4 Å². The summed E-state index contributed by atoms with van der Waals surface area (Å²) in [7, 11) is 1.63. The molecule has 0 aromatic heterocycles. The minimum absolute atomic E-state index is 0.00972. The number of amides is 1. The Kier molecular flexibility index (Phi) is 9.81. The highest BCUT2D eigenvalue weighted by Crippen LogP contribution is 2.10. The molecule has 0 fully saturated rings. The topological polar surface area (TPSA) is 46.6 Å². The van der Waals surface area contributed by atoms with Gasteiger partial charge in [-0.05, 0) is 37.0 Å². The number of hydrogen-bond acceptors (Lipinski definition) is 3. The smallest absolute Gasteiger partial charge is 0.325 e. The summed E-state index contributed by atoms with van der Waals surface area (Å²) in [5.41, 5.74) is 1.84. The first-order chi connectivity index (χ1) is 11.6. The number of unbranched alkanes of at least 4 members (excludes halogenated alkanes) is 4. The van der Waals surface area contributed by atoms with Gasteiger partial charge in [0, 0.05) is 12.6 Å². The summed E-state index contributed by atoms with van der Waals surface area (Å²) in [6, 6.07) is 7.64. The molecule has 1 rings (SSSR count). The van der Waals surface area contributed by atoms with Crippen molar-refractivity contribution >= 4 is 11.9 Å². The third-order valence-corrected chi connectivity index (χ3v) is 3.99. The number of carbonyl (C=O) groups excluding carboxylic acids is 2. The maximum atomic E-state index is 12.3. The minimum atomic E-state index is -0.345. The Morgan fingerprint density at radius 1 is 0.958 bits per heavy atom. The zero-order valence-corrected chi connectivity index (χ0v) is 15.3. The largest absolute Gasteiger partial charge is 0.464 e. The van der Waals surface area contributed by atoms with E-state index in [1.807, 2.05) is 24.3 Å². The zero-order chi connectivity index (χ0) is 17.8. The van der Waals surface area contributed by atoms with Gasteiger partial charge in [0.1, 0.15) is 6.54 Å². The van der Waals surface area contributed by atoms with Crippen molar-refractivity contribution < 1.29 is 14.3 Å². The number of rotatable bonds is 11. The van der Waals surface area contributed by atoms with Crippen LogP contribution in [0, 0.1) is 0 Å². The highest BCUT2D eigenvalue weighted by Gasteiger charge is 2.15. The SMILES string of the molecule is CCCCCCOC(=O)CN(C)C(=O)c1ccc(CCCC)cc1. The Morgan fingerprint density at radius 3 is 2.25 bits per heavy atom. The molecule has 4 nitrogen and oxygen atoms in total. The van der Waals surface area contributed by atoms with E-state index in [2.05, 4.69) is 13.8 Å². The van der Waals surface area contributed by atoms with Crippen LogP contribution in [-0.2, 0) is 16.0 Å². The molecular weight excluding hydrogens is 302 g/mol. The van der Waals surface area contributed by atoms with Crippen LogP contribution in [0.4, 0.5) is 0 Å². The lowest BCUT2D eigenvalue weighted by molar-refractivity contribution is -0.144. The fourth-order valence-electron chi connectivity index (χ4n) is 2.44. The van der Waals surface area contributed by atoms with Crippen LogP contribution in [0.3, 0.4) is 0 Å². The Hall–Kier alpha value is -1.84. The maximum absolute atomic E-state index is 12.3. The third-order valence-electron chi connectivity index (χ3n) is 3.99.